The van der Waals surface area contributed by atoms with Crippen LogP contribution in [0.2, 0.25) is 0 Å². The Labute approximate surface area is 164 Å². The predicted octanol–water partition coefficient (Wildman–Crippen LogP) is 1.12. The first-order valence-electron chi connectivity index (χ1n) is 8.67. The molecular weight excluding hydrogens is 402 g/mol. The number of pyridine rings is 1. The van der Waals surface area contributed by atoms with Gasteiger partial charge in [0.2, 0.25) is 10.0 Å². The highest BCUT2D eigenvalue weighted by atomic mass is 32.2. The van der Waals surface area contributed by atoms with Crippen LogP contribution in [0.5, 0.6) is 0 Å². The first kappa shape index (κ1) is 20.6. The zero-order valence-corrected chi connectivity index (χ0v) is 16.2. The maximum atomic E-state index is 12.7. The van der Waals surface area contributed by atoms with Crippen LogP contribution in [0.1, 0.15) is 18.4 Å². The number of nitrogens with zero attached hydrogens (tertiary/aromatic N) is 1. The van der Waals surface area contributed by atoms with Crippen molar-refractivity contribution in [3.8, 4) is 0 Å². The number of hydrogen-bond acceptors (Lipinski definition) is 5. The molecule has 0 atom stereocenters. The summed E-state index contributed by atoms with van der Waals surface area (Å²) in [6.45, 7) is -0.688. The number of rotatable bonds is 8. The number of fused-ring (bicyclic) bond motifs is 3. The van der Waals surface area contributed by atoms with Crippen LogP contribution in [-0.4, -0.2) is 58.4 Å². The van der Waals surface area contributed by atoms with E-state index in [0.29, 0.717) is 34.7 Å². The first-order chi connectivity index (χ1) is 13.6. The van der Waals surface area contributed by atoms with E-state index < -0.39 is 28.5 Å². The molecule has 11 heteroatoms. The lowest BCUT2D eigenvalue weighted by Gasteiger charge is -2.15. The number of aromatic amines is 2. The largest absolute Gasteiger partial charge is 0.481 e. The zero-order valence-electron chi connectivity index (χ0n) is 15.4. The maximum Gasteiger partial charge on any atom is 0.318 e. The molecule has 0 amide bonds. The van der Waals surface area contributed by atoms with Gasteiger partial charge >= 0.3 is 11.9 Å². The van der Waals surface area contributed by atoms with E-state index in [1.807, 2.05) is 0 Å². The molecule has 0 fully saturated rings. The van der Waals surface area contributed by atoms with Crippen molar-refractivity contribution < 1.29 is 28.2 Å². The van der Waals surface area contributed by atoms with Crippen LogP contribution in [0, 0.1) is 0 Å². The van der Waals surface area contributed by atoms with Gasteiger partial charge in [0.25, 0.3) is 5.56 Å². The Morgan fingerprint density at radius 2 is 1.90 bits per heavy atom. The summed E-state index contributed by atoms with van der Waals surface area (Å²) in [5.41, 5.74) is 0.999. The molecule has 0 bridgehead atoms. The minimum Gasteiger partial charge on any atom is -0.481 e. The molecule has 0 unspecified atom stereocenters. The normalized spacial score (nSPS) is 12.1. The van der Waals surface area contributed by atoms with Gasteiger partial charge in [0.15, 0.2) is 0 Å². The fourth-order valence-electron chi connectivity index (χ4n) is 3.22. The van der Waals surface area contributed by atoms with Gasteiger partial charge in [-0.15, -0.1) is 0 Å². The number of carboxylic acid groups (broad SMARTS) is 2. The smallest absolute Gasteiger partial charge is 0.318 e. The van der Waals surface area contributed by atoms with Crippen LogP contribution in [-0.2, 0) is 26.0 Å². The van der Waals surface area contributed by atoms with E-state index >= 15 is 0 Å². The lowest BCUT2D eigenvalue weighted by atomic mass is 10.0. The van der Waals surface area contributed by atoms with Gasteiger partial charge < -0.3 is 20.2 Å². The molecule has 29 heavy (non-hydrogen) atoms. The number of aliphatic carboxylic acids is 2. The molecule has 0 aliphatic rings. The van der Waals surface area contributed by atoms with Crippen molar-refractivity contribution >= 4 is 43.8 Å². The van der Waals surface area contributed by atoms with Crippen LogP contribution in [0.15, 0.2) is 34.1 Å². The lowest BCUT2D eigenvalue weighted by Crippen LogP contribution is -2.32. The summed E-state index contributed by atoms with van der Waals surface area (Å²) in [4.78, 5) is 39.4. The second kappa shape index (κ2) is 7.68. The Balaban J connectivity index is 2.16. The Bertz CT molecular complexity index is 1270. The average Bonchev–Trinajstić information content (AvgIpc) is 3.05. The molecule has 0 saturated heterocycles. The first-order valence-corrected chi connectivity index (χ1v) is 10.1. The van der Waals surface area contributed by atoms with E-state index in [4.69, 9.17) is 10.2 Å². The molecule has 4 N–H and O–H groups in total. The van der Waals surface area contributed by atoms with Crippen LogP contribution in [0.25, 0.3) is 21.8 Å². The van der Waals surface area contributed by atoms with Gasteiger partial charge in [-0.3, -0.25) is 14.4 Å². The maximum absolute atomic E-state index is 12.7. The van der Waals surface area contributed by atoms with Crippen LogP contribution in [0.3, 0.4) is 0 Å². The Kier molecular flexibility index (Phi) is 5.44. The van der Waals surface area contributed by atoms with Gasteiger partial charge in [0, 0.05) is 36.0 Å². The molecule has 154 valence electrons. The van der Waals surface area contributed by atoms with Crippen LogP contribution < -0.4 is 5.56 Å². The lowest BCUT2D eigenvalue weighted by molar-refractivity contribution is -0.138. The highest BCUT2D eigenvalue weighted by Gasteiger charge is 2.24. The monoisotopic (exact) mass is 421 g/mol. The van der Waals surface area contributed by atoms with Gasteiger partial charge in [-0.05, 0) is 36.6 Å². The predicted molar refractivity (Wildman–Crippen MR) is 104 cm³/mol. The fraction of sp³-hybridized carbons (Fsp3) is 0.278. The number of benzene rings is 1. The molecule has 10 nitrogen and oxygen atoms in total. The Hall–Kier alpha value is -3.18. The topological polar surface area (TPSA) is 161 Å². The number of carbonyl (C=O) groups is 2. The number of sulfonamides is 1. The van der Waals surface area contributed by atoms with Crippen LogP contribution >= 0.6 is 0 Å². The molecule has 0 spiro atoms. The van der Waals surface area contributed by atoms with Gasteiger partial charge in [-0.1, -0.05) is 0 Å². The number of likely N-dealkylation sites (N-methyl/N-ethyl adjacent to an activating group) is 1. The number of aromatic nitrogens is 2. The quantitative estimate of drug-likeness (QED) is 0.424. The van der Waals surface area contributed by atoms with Crippen LogP contribution in [0.4, 0.5) is 0 Å². The number of hydrogen-bond donors (Lipinski definition) is 4. The summed E-state index contributed by atoms with van der Waals surface area (Å²) >= 11 is 0. The van der Waals surface area contributed by atoms with Crippen molar-refractivity contribution in [3.05, 3.63) is 40.3 Å². The fourth-order valence-corrected chi connectivity index (χ4v) is 4.37. The van der Waals surface area contributed by atoms with Gasteiger partial charge in [-0.2, -0.15) is 4.31 Å². The second-order valence-electron chi connectivity index (χ2n) is 6.63. The third-order valence-electron chi connectivity index (χ3n) is 4.60. The van der Waals surface area contributed by atoms with E-state index in [0.717, 1.165) is 4.31 Å². The highest BCUT2D eigenvalue weighted by Crippen LogP contribution is 2.28. The van der Waals surface area contributed by atoms with E-state index in [2.05, 4.69) is 9.97 Å². The molecule has 0 aliphatic heterocycles. The van der Waals surface area contributed by atoms with E-state index in [1.165, 1.54) is 25.2 Å². The minimum absolute atomic E-state index is 0.0343. The van der Waals surface area contributed by atoms with Gasteiger partial charge in [0.1, 0.15) is 12.1 Å². The van der Waals surface area contributed by atoms with Crippen molar-refractivity contribution in [2.75, 3.05) is 13.6 Å². The molecule has 3 aromatic rings. The summed E-state index contributed by atoms with van der Waals surface area (Å²) in [6, 6.07) is 4.13. The SMILES string of the molecule is CN(CC(=O)O)S(=O)(=O)c1ccc2[nH]c(=O)c3[nH]cc(CCCC(=O)O)c3c2c1. The highest BCUT2D eigenvalue weighted by molar-refractivity contribution is 7.89. The third-order valence-corrected chi connectivity index (χ3v) is 6.40. The average molecular weight is 421 g/mol. The van der Waals surface area contributed by atoms with Gasteiger partial charge in [-0.25, -0.2) is 8.42 Å². The zero-order chi connectivity index (χ0) is 21.3. The molecule has 3 rings (SSSR count). The molecule has 2 aromatic heterocycles. The summed E-state index contributed by atoms with van der Waals surface area (Å²) in [5.74, 6) is -2.21. The third kappa shape index (κ3) is 4.00. The number of H-pyrrole nitrogens is 2. The Morgan fingerprint density at radius 1 is 1.17 bits per heavy atom. The van der Waals surface area contributed by atoms with Crippen molar-refractivity contribution in [2.45, 2.75) is 24.2 Å². The molecule has 0 aliphatic carbocycles. The van der Waals surface area contributed by atoms with Crippen molar-refractivity contribution in [3.63, 3.8) is 0 Å². The van der Waals surface area contributed by atoms with Crippen molar-refractivity contribution in [1.29, 1.82) is 0 Å². The standard InChI is InChI=1S/C18H19N3O7S/c1-21(9-15(24)25)29(27,28)11-5-6-13-12(7-11)16-10(3-2-4-14(22)23)8-19-17(16)18(26)20-13/h5-8,19H,2-4,9H2,1H3,(H,20,26)(H,22,23)(H,24,25). The van der Waals surface area contributed by atoms with E-state index in [-0.39, 0.29) is 22.4 Å². The number of aryl methyl sites for hydroxylation is 1. The Morgan fingerprint density at radius 3 is 2.55 bits per heavy atom. The molecule has 0 radical (unpaired) electrons. The van der Waals surface area contributed by atoms with Gasteiger partial charge in [0.05, 0.1) is 4.90 Å². The van der Waals surface area contributed by atoms with E-state index in [1.54, 1.807) is 6.20 Å². The molecular formula is C18H19N3O7S. The van der Waals surface area contributed by atoms with Crippen molar-refractivity contribution in [2.24, 2.45) is 0 Å². The molecule has 0 saturated carbocycles. The number of carboxylic acids is 2. The summed E-state index contributed by atoms with van der Waals surface area (Å²) in [5, 5.41) is 18.7. The van der Waals surface area contributed by atoms with Crippen molar-refractivity contribution in [1.82, 2.24) is 14.3 Å². The van der Waals surface area contributed by atoms with E-state index in [9.17, 15) is 22.8 Å². The summed E-state index contributed by atoms with van der Waals surface area (Å²) in [7, 11) is -2.89. The second-order valence-corrected chi connectivity index (χ2v) is 8.67. The summed E-state index contributed by atoms with van der Waals surface area (Å²) < 4.78 is 26.1. The molecule has 1 aromatic carbocycles. The number of nitrogens with one attached hydrogen (secondary N) is 2. The minimum atomic E-state index is -4.06. The summed E-state index contributed by atoms with van der Waals surface area (Å²) in [6.07, 6.45) is 2.32. The molecule has 2 heterocycles.